The molecule has 1 N–H and O–H groups in total. The van der Waals surface area contributed by atoms with E-state index >= 15 is 0 Å². The first kappa shape index (κ1) is 15.8. The standard InChI is InChI=1S/C15H18ClNO4/c16-13-6-2-1-4-12(13)9-21-10-14(18)17-7-3-5-11(8-17)15(19)20/h1-2,4,6,11H,3,5,7-10H2,(H,19,20). The van der Waals surface area contributed by atoms with Crippen molar-refractivity contribution in [2.45, 2.75) is 19.4 Å². The van der Waals surface area contributed by atoms with Crippen LogP contribution in [0.1, 0.15) is 18.4 Å². The third kappa shape index (κ3) is 4.44. The SMILES string of the molecule is O=C(O)C1CCCN(C(=O)COCc2ccccc2Cl)C1. The maximum atomic E-state index is 12.0. The maximum Gasteiger partial charge on any atom is 0.308 e. The zero-order valence-electron chi connectivity index (χ0n) is 11.6. The van der Waals surface area contributed by atoms with Crippen molar-refractivity contribution in [3.8, 4) is 0 Å². The highest BCUT2D eigenvalue weighted by Crippen LogP contribution is 2.18. The topological polar surface area (TPSA) is 66.8 Å². The van der Waals surface area contributed by atoms with Crippen molar-refractivity contribution in [3.63, 3.8) is 0 Å². The summed E-state index contributed by atoms with van der Waals surface area (Å²) in [5, 5.41) is 9.61. The summed E-state index contributed by atoms with van der Waals surface area (Å²) >= 11 is 6.00. The number of rotatable bonds is 5. The Bertz CT molecular complexity index is 520. The fourth-order valence-corrected chi connectivity index (χ4v) is 2.55. The Balaban J connectivity index is 1.79. The number of benzene rings is 1. The minimum absolute atomic E-state index is 0.0580. The molecule has 6 heteroatoms. The number of nitrogens with zero attached hydrogens (tertiary/aromatic N) is 1. The van der Waals surface area contributed by atoms with Gasteiger partial charge in [0.2, 0.25) is 5.91 Å². The highest BCUT2D eigenvalue weighted by Gasteiger charge is 2.27. The van der Waals surface area contributed by atoms with Gasteiger partial charge in [-0.05, 0) is 24.5 Å². The lowest BCUT2D eigenvalue weighted by Crippen LogP contribution is -2.43. The summed E-state index contributed by atoms with van der Waals surface area (Å²) in [7, 11) is 0. The van der Waals surface area contributed by atoms with Crippen molar-refractivity contribution in [1.29, 1.82) is 0 Å². The van der Waals surface area contributed by atoms with E-state index in [2.05, 4.69) is 0 Å². The van der Waals surface area contributed by atoms with Gasteiger partial charge >= 0.3 is 5.97 Å². The zero-order chi connectivity index (χ0) is 15.2. The lowest BCUT2D eigenvalue weighted by Gasteiger charge is -2.30. The van der Waals surface area contributed by atoms with Crippen LogP contribution in [0.3, 0.4) is 0 Å². The number of hydrogen-bond acceptors (Lipinski definition) is 3. The minimum Gasteiger partial charge on any atom is -0.481 e. The molecule has 0 bridgehead atoms. The summed E-state index contributed by atoms with van der Waals surface area (Å²) in [6.45, 7) is 1.07. The number of likely N-dealkylation sites (tertiary alicyclic amines) is 1. The van der Waals surface area contributed by atoms with Gasteiger partial charge in [0.1, 0.15) is 6.61 Å². The molecule has 1 unspecified atom stereocenters. The first-order chi connectivity index (χ1) is 10.1. The second-order valence-corrected chi connectivity index (χ2v) is 5.51. The number of amides is 1. The summed E-state index contributed by atoms with van der Waals surface area (Å²) in [5.41, 5.74) is 0.828. The molecule has 1 atom stereocenters. The van der Waals surface area contributed by atoms with E-state index in [9.17, 15) is 9.59 Å². The number of carbonyl (C=O) groups excluding carboxylic acids is 1. The van der Waals surface area contributed by atoms with Crippen molar-refractivity contribution in [3.05, 3.63) is 34.9 Å². The smallest absolute Gasteiger partial charge is 0.308 e. The molecule has 0 aromatic heterocycles. The van der Waals surface area contributed by atoms with E-state index < -0.39 is 11.9 Å². The molecule has 2 rings (SSSR count). The van der Waals surface area contributed by atoms with Crippen LogP contribution in [0.5, 0.6) is 0 Å². The van der Waals surface area contributed by atoms with Crippen molar-refractivity contribution in [2.24, 2.45) is 5.92 Å². The van der Waals surface area contributed by atoms with Gasteiger partial charge in [-0.25, -0.2) is 0 Å². The minimum atomic E-state index is -0.843. The number of hydrogen-bond donors (Lipinski definition) is 1. The monoisotopic (exact) mass is 311 g/mol. The molecule has 0 radical (unpaired) electrons. The highest BCUT2D eigenvalue weighted by atomic mass is 35.5. The number of carbonyl (C=O) groups is 2. The van der Waals surface area contributed by atoms with Crippen LogP contribution in [-0.2, 0) is 20.9 Å². The van der Waals surface area contributed by atoms with Crippen LogP contribution in [0, 0.1) is 5.92 Å². The number of carboxylic acid groups (broad SMARTS) is 1. The normalized spacial score (nSPS) is 18.5. The predicted octanol–water partition coefficient (Wildman–Crippen LogP) is 2.18. The van der Waals surface area contributed by atoms with Gasteiger partial charge in [-0.3, -0.25) is 9.59 Å². The Morgan fingerprint density at radius 3 is 2.86 bits per heavy atom. The highest BCUT2D eigenvalue weighted by molar-refractivity contribution is 6.31. The second kappa shape index (κ2) is 7.43. The Morgan fingerprint density at radius 2 is 2.14 bits per heavy atom. The molecule has 1 heterocycles. The van der Waals surface area contributed by atoms with Crippen molar-refractivity contribution < 1.29 is 19.4 Å². The van der Waals surface area contributed by atoms with Gasteiger partial charge in [0.25, 0.3) is 0 Å². The quantitative estimate of drug-likeness (QED) is 0.905. The van der Waals surface area contributed by atoms with Crippen LogP contribution in [0.15, 0.2) is 24.3 Å². The van der Waals surface area contributed by atoms with E-state index in [-0.39, 0.29) is 25.7 Å². The van der Waals surface area contributed by atoms with Crippen molar-refractivity contribution >= 4 is 23.5 Å². The maximum absolute atomic E-state index is 12.0. The molecule has 114 valence electrons. The number of aliphatic carboxylic acids is 1. The molecule has 5 nitrogen and oxygen atoms in total. The van der Waals surface area contributed by atoms with E-state index in [0.29, 0.717) is 24.4 Å². The van der Waals surface area contributed by atoms with E-state index in [1.807, 2.05) is 18.2 Å². The molecular weight excluding hydrogens is 294 g/mol. The van der Waals surface area contributed by atoms with Gasteiger partial charge in [-0.1, -0.05) is 29.8 Å². The first-order valence-corrected chi connectivity index (χ1v) is 7.27. The summed E-state index contributed by atoms with van der Waals surface area (Å²) in [6.07, 6.45) is 1.34. The zero-order valence-corrected chi connectivity index (χ0v) is 12.4. The van der Waals surface area contributed by atoms with Crippen LogP contribution < -0.4 is 0 Å². The van der Waals surface area contributed by atoms with E-state index in [1.165, 1.54) is 0 Å². The summed E-state index contributed by atoms with van der Waals surface area (Å²) in [6, 6.07) is 7.30. The second-order valence-electron chi connectivity index (χ2n) is 5.10. The molecule has 1 saturated heterocycles. The number of halogens is 1. The molecule has 1 aliphatic rings. The average Bonchev–Trinajstić information content (AvgIpc) is 2.49. The molecule has 1 aromatic carbocycles. The summed E-state index contributed by atoms with van der Waals surface area (Å²) in [5.74, 6) is -1.48. The molecule has 21 heavy (non-hydrogen) atoms. The van der Waals surface area contributed by atoms with E-state index in [1.54, 1.807) is 11.0 Å². The molecule has 1 amide bonds. The van der Waals surface area contributed by atoms with Gasteiger partial charge < -0.3 is 14.7 Å². The van der Waals surface area contributed by atoms with Crippen molar-refractivity contribution in [2.75, 3.05) is 19.7 Å². The van der Waals surface area contributed by atoms with Crippen molar-refractivity contribution in [1.82, 2.24) is 4.90 Å². The van der Waals surface area contributed by atoms with Crippen LogP contribution in [-0.4, -0.2) is 41.6 Å². The van der Waals surface area contributed by atoms with E-state index in [0.717, 1.165) is 5.56 Å². The third-order valence-electron chi connectivity index (χ3n) is 3.56. The summed E-state index contributed by atoms with van der Waals surface area (Å²) in [4.78, 5) is 24.6. The molecule has 0 aliphatic carbocycles. The van der Waals surface area contributed by atoms with Crippen LogP contribution in [0.2, 0.25) is 5.02 Å². The molecule has 1 fully saturated rings. The van der Waals surface area contributed by atoms with Crippen LogP contribution in [0.25, 0.3) is 0 Å². The fraction of sp³-hybridized carbons (Fsp3) is 0.467. The first-order valence-electron chi connectivity index (χ1n) is 6.89. The summed E-state index contributed by atoms with van der Waals surface area (Å²) < 4.78 is 5.39. The lowest BCUT2D eigenvalue weighted by molar-refractivity contribution is -0.147. The van der Waals surface area contributed by atoms with Crippen LogP contribution >= 0.6 is 11.6 Å². The molecule has 0 spiro atoms. The Hall–Kier alpha value is -1.59. The fourth-order valence-electron chi connectivity index (χ4n) is 2.36. The van der Waals surface area contributed by atoms with Gasteiger partial charge in [0.05, 0.1) is 12.5 Å². The van der Waals surface area contributed by atoms with Gasteiger partial charge in [-0.15, -0.1) is 0 Å². The van der Waals surface area contributed by atoms with Gasteiger partial charge in [0, 0.05) is 18.1 Å². The number of carboxylic acids is 1. The average molecular weight is 312 g/mol. The van der Waals surface area contributed by atoms with E-state index in [4.69, 9.17) is 21.4 Å². The Labute approximate surface area is 128 Å². The van der Waals surface area contributed by atoms with Gasteiger partial charge in [0.15, 0.2) is 0 Å². The molecule has 1 aliphatic heterocycles. The molecule has 1 aromatic rings. The molecular formula is C15H18ClNO4. The van der Waals surface area contributed by atoms with Gasteiger partial charge in [-0.2, -0.15) is 0 Å². The Kier molecular flexibility index (Phi) is 5.59. The predicted molar refractivity (Wildman–Crippen MR) is 78.0 cm³/mol. The number of piperidine rings is 1. The lowest BCUT2D eigenvalue weighted by atomic mass is 9.98. The van der Waals surface area contributed by atoms with Crippen LogP contribution in [0.4, 0.5) is 0 Å². The Morgan fingerprint density at radius 1 is 1.38 bits per heavy atom. The molecule has 0 saturated carbocycles. The third-order valence-corrected chi connectivity index (χ3v) is 3.93. The largest absolute Gasteiger partial charge is 0.481 e. The number of ether oxygens (including phenoxy) is 1.